The molecule has 0 fully saturated rings. The van der Waals surface area contributed by atoms with E-state index in [0.717, 1.165) is 22.0 Å². The number of nitrogens with zero attached hydrogens (tertiary/aromatic N) is 3. The third-order valence-corrected chi connectivity index (χ3v) is 7.38. The molecule has 3 rings (SSSR count). The van der Waals surface area contributed by atoms with Crippen LogP contribution in [0.25, 0.3) is 10.6 Å². The van der Waals surface area contributed by atoms with Gasteiger partial charge in [-0.15, -0.1) is 11.3 Å². The lowest BCUT2D eigenvalue weighted by atomic mass is 10.3. The Labute approximate surface area is 171 Å². The Morgan fingerprint density at radius 2 is 1.79 bits per heavy atom. The van der Waals surface area contributed by atoms with Gasteiger partial charge in [0.2, 0.25) is 15.9 Å². The van der Waals surface area contributed by atoms with Crippen LogP contribution in [0.4, 0.5) is 16.0 Å². The molecule has 11 heteroatoms. The molecule has 0 aliphatic carbocycles. The number of rotatable bonds is 6. The number of anilines is 3. The Kier molecular flexibility index (Phi) is 5.79. The molecule has 1 amide bonds. The number of benzene rings is 1. The van der Waals surface area contributed by atoms with Crippen molar-refractivity contribution < 1.29 is 13.2 Å². The number of sulfonamides is 1. The van der Waals surface area contributed by atoms with Gasteiger partial charge in [0.1, 0.15) is 0 Å². The molecule has 0 aliphatic rings. The van der Waals surface area contributed by atoms with E-state index in [1.54, 1.807) is 24.3 Å². The summed E-state index contributed by atoms with van der Waals surface area (Å²) in [6.45, 7) is 3.31. The van der Waals surface area contributed by atoms with Crippen LogP contribution < -0.4 is 10.6 Å². The van der Waals surface area contributed by atoms with E-state index in [0.29, 0.717) is 10.3 Å². The van der Waals surface area contributed by atoms with Crippen molar-refractivity contribution in [3.05, 3.63) is 35.3 Å². The van der Waals surface area contributed by atoms with Gasteiger partial charge in [0.25, 0.3) is 0 Å². The van der Waals surface area contributed by atoms with Gasteiger partial charge in [-0.05, 0) is 31.2 Å². The lowest BCUT2D eigenvalue weighted by molar-refractivity contribution is -0.114. The summed E-state index contributed by atoms with van der Waals surface area (Å²) in [5.41, 5.74) is 2.30. The van der Waals surface area contributed by atoms with Crippen LogP contribution in [0.1, 0.15) is 12.6 Å². The summed E-state index contributed by atoms with van der Waals surface area (Å²) in [5, 5.41) is 8.98. The predicted molar refractivity (Wildman–Crippen MR) is 113 cm³/mol. The van der Waals surface area contributed by atoms with E-state index in [9.17, 15) is 13.2 Å². The van der Waals surface area contributed by atoms with Crippen LogP contribution >= 0.6 is 22.7 Å². The Bertz CT molecular complexity index is 1100. The summed E-state index contributed by atoms with van der Waals surface area (Å²) < 4.78 is 25.4. The standard InChI is InChI=1S/C17H19N5O3S3/c1-10-15(27-17(18-10)19-11(2)23)14-9-26-16(21-14)20-12-5-7-13(8-6-12)28(24,25)22(3)4/h5-9H,1-4H3,(H,20,21)(H,18,19,23). The van der Waals surface area contributed by atoms with Crippen LogP contribution in [-0.4, -0.2) is 42.7 Å². The van der Waals surface area contributed by atoms with Crippen LogP contribution in [-0.2, 0) is 14.8 Å². The number of nitrogens with one attached hydrogen (secondary N) is 2. The van der Waals surface area contributed by atoms with Crippen molar-refractivity contribution in [2.45, 2.75) is 18.7 Å². The highest BCUT2D eigenvalue weighted by Gasteiger charge is 2.17. The average molecular weight is 438 g/mol. The number of aryl methyl sites for hydroxylation is 1. The molecule has 1 aromatic carbocycles. The number of amides is 1. The van der Waals surface area contributed by atoms with Crippen LogP contribution in [0.5, 0.6) is 0 Å². The highest BCUT2D eigenvalue weighted by molar-refractivity contribution is 7.89. The summed E-state index contributed by atoms with van der Waals surface area (Å²) in [4.78, 5) is 21.2. The number of thiazole rings is 2. The van der Waals surface area contributed by atoms with Gasteiger partial charge in [-0.1, -0.05) is 11.3 Å². The molecule has 8 nitrogen and oxygen atoms in total. The van der Waals surface area contributed by atoms with Crippen LogP contribution in [0.15, 0.2) is 34.5 Å². The van der Waals surface area contributed by atoms with E-state index in [2.05, 4.69) is 20.6 Å². The topological polar surface area (TPSA) is 104 Å². The molecule has 148 valence electrons. The van der Waals surface area contributed by atoms with Crippen molar-refractivity contribution >= 4 is 54.6 Å². The normalized spacial score (nSPS) is 11.6. The Hall–Kier alpha value is -2.34. The van der Waals surface area contributed by atoms with Gasteiger partial charge in [0.15, 0.2) is 10.3 Å². The molecule has 0 bridgehead atoms. The minimum absolute atomic E-state index is 0.166. The fourth-order valence-electron chi connectivity index (χ4n) is 2.32. The molecule has 0 saturated heterocycles. The third kappa shape index (κ3) is 4.38. The monoisotopic (exact) mass is 437 g/mol. The van der Waals surface area contributed by atoms with Crippen molar-refractivity contribution in [3.63, 3.8) is 0 Å². The molecule has 0 unspecified atom stereocenters. The second kappa shape index (κ2) is 7.95. The fraction of sp³-hybridized carbons (Fsp3) is 0.235. The summed E-state index contributed by atoms with van der Waals surface area (Å²) >= 11 is 2.80. The molecule has 0 atom stereocenters. The highest BCUT2D eigenvalue weighted by atomic mass is 32.2. The van der Waals surface area contributed by atoms with Gasteiger partial charge < -0.3 is 10.6 Å². The van der Waals surface area contributed by atoms with Crippen molar-refractivity contribution in [1.82, 2.24) is 14.3 Å². The zero-order valence-corrected chi connectivity index (χ0v) is 18.1. The molecule has 28 heavy (non-hydrogen) atoms. The summed E-state index contributed by atoms with van der Waals surface area (Å²) in [7, 11) is -0.458. The smallest absolute Gasteiger partial charge is 0.242 e. The van der Waals surface area contributed by atoms with E-state index in [1.807, 2.05) is 12.3 Å². The summed E-state index contributed by atoms with van der Waals surface area (Å²) in [5.74, 6) is -0.166. The molecular formula is C17H19N5O3S3. The van der Waals surface area contributed by atoms with Gasteiger partial charge in [-0.2, -0.15) is 0 Å². The first-order chi connectivity index (χ1) is 13.2. The second-order valence-electron chi connectivity index (χ2n) is 6.09. The van der Waals surface area contributed by atoms with Crippen molar-refractivity contribution in [3.8, 4) is 10.6 Å². The molecule has 0 radical (unpaired) electrons. The number of carbonyl (C=O) groups is 1. The third-order valence-electron chi connectivity index (χ3n) is 3.70. The van der Waals surface area contributed by atoms with Gasteiger partial charge in [-0.3, -0.25) is 4.79 Å². The van der Waals surface area contributed by atoms with Gasteiger partial charge in [0, 0.05) is 32.1 Å². The molecule has 0 saturated carbocycles. The molecule has 2 N–H and O–H groups in total. The van der Waals surface area contributed by atoms with Crippen molar-refractivity contribution in [1.29, 1.82) is 0 Å². The highest BCUT2D eigenvalue weighted by Crippen LogP contribution is 2.35. The molecule has 0 spiro atoms. The van der Waals surface area contributed by atoms with Crippen LogP contribution in [0, 0.1) is 6.92 Å². The number of carbonyl (C=O) groups excluding carboxylic acids is 1. The minimum Gasteiger partial charge on any atom is -0.332 e. The SMILES string of the molecule is CC(=O)Nc1nc(C)c(-c2csc(Nc3ccc(S(=O)(=O)N(C)C)cc3)n2)s1. The van der Waals surface area contributed by atoms with E-state index in [-0.39, 0.29) is 10.8 Å². The van der Waals surface area contributed by atoms with E-state index in [4.69, 9.17) is 0 Å². The number of hydrogen-bond acceptors (Lipinski definition) is 8. The Balaban J connectivity index is 1.77. The van der Waals surface area contributed by atoms with Gasteiger partial charge in [0.05, 0.1) is 21.2 Å². The lowest BCUT2D eigenvalue weighted by Gasteiger charge is -2.11. The Morgan fingerprint density at radius 3 is 2.39 bits per heavy atom. The fourth-order valence-corrected chi connectivity index (χ4v) is 4.99. The van der Waals surface area contributed by atoms with Gasteiger partial charge >= 0.3 is 0 Å². The van der Waals surface area contributed by atoms with Gasteiger partial charge in [-0.25, -0.2) is 22.7 Å². The first-order valence-corrected chi connectivity index (χ1v) is 11.3. The number of hydrogen-bond donors (Lipinski definition) is 2. The predicted octanol–water partition coefficient (Wildman–Crippen LogP) is 3.53. The minimum atomic E-state index is -3.45. The second-order valence-corrected chi connectivity index (χ2v) is 10.1. The summed E-state index contributed by atoms with van der Waals surface area (Å²) in [6, 6.07) is 6.51. The number of aromatic nitrogens is 2. The molecule has 0 aliphatic heterocycles. The van der Waals surface area contributed by atoms with Crippen LogP contribution in [0.3, 0.4) is 0 Å². The van der Waals surface area contributed by atoms with Crippen molar-refractivity contribution in [2.75, 3.05) is 24.7 Å². The molecule has 2 aromatic heterocycles. The maximum atomic E-state index is 12.1. The average Bonchev–Trinajstić information content (AvgIpc) is 3.21. The molecule has 2 heterocycles. The first kappa shape index (κ1) is 20.4. The zero-order valence-electron chi connectivity index (χ0n) is 15.7. The maximum absolute atomic E-state index is 12.1. The maximum Gasteiger partial charge on any atom is 0.242 e. The van der Waals surface area contributed by atoms with E-state index >= 15 is 0 Å². The molecular weight excluding hydrogens is 418 g/mol. The van der Waals surface area contributed by atoms with Crippen molar-refractivity contribution in [2.24, 2.45) is 0 Å². The van der Waals surface area contributed by atoms with E-state index < -0.39 is 10.0 Å². The molecule has 3 aromatic rings. The quantitative estimate of drug-likeness (QED) is 0.611. The zero-order chi connectivity index (χ0) is 20.5. The summed E-state index contributed by atoms with van der Waals surface area (Å²) in [6.07, 6.45) is 0. The van der Waals surface area contributed by atoms with Crippen LogP contribution in [0.2, 0.25) is 0 Å². The van der Waals surface area contributed by atoms with E-state index in [1.165, 1.54) is 48.0 Å². The first-order valence-electron chi connectivity index (χ1n) is 8.17. The Morgan fingerprint density at radius 1 is 1.11 bits per heavy atom. The lowest BCUT2D eigenvalue weighted by Crippen LogP contribution is -2.22. The largest absolute Gasteiger partial charge is 0.332 e.